The summed E-state index contributed by atoms with van der Waals surface area (Å²) in [7, 11) is 0. The first-order valence-electron chi connectivity index (χ1n) is 11.0. The minimum atomic E-state index is -1.89. The SMILES string of the molecule is C[C@]1(C(=O)c2ccc(Br)cc2)[C@@H]2c3ccccc3OC(=O)[C@]21C(=O)c1cc2ccccc2oc1=O. The van der Waals surface area contributed by atoms with Crippen molar-refractivity contribution >= 4 is 44.4 Å². The van der Waals surface area contributed by atoms with Gasteiger partial charge in [-0.05, 0) is 30.3 Å². The van der Waals surface area contributed by atoms with E-state index in [0.29, 0.717) is 27.8 Å². The van der Waals surface area contributed by atoms with Crippen LogP contribution in [0.3, 0.4) is 0 Å². The summed E-state index contributed by atoms with van der Waals surface area (Å²) in [5, 5.41) is 0.537. The van der Waals surface area contributed by atoms with Crippen LogP contribution in [0.2, 0.25) is 0 Å². The lowest BCUT2D eigenvalue weighted by Gasteiger charge is -2.22. The van der Waals surface area contributed by atoms with Crippen LogP contribution in [0, 0.1) is 10.8 Å². The largest absolute Gasteiger partial charge is 0.425 e. The average Bonchev–Trinajstić information content (AvgIpc) is 3.46. The van der Waals surface area contributed by atoms with E-state index < -0.39 is 34.1 Å². The molecule has 0 saturated heterocycles. The van der Waals surface area contributed by atoms with E-state index in [1.54, 1.807) is 79.7 Å². The van der Waals surface area contributed by atoms with Crippen LogP contribution in [0.5, 0.6) is 5.75 Å². The number of hydrogen-bond donors (Lipinski definition) is 0. The zero-order chi connectivity index (χ0) is 24.5. The highest BCUT2D eigenvalue weighted by molar-refractivity contribution is 9.10. The molecule has 1 aliphatic heterocycles. The maximum Gasteiger partial charge on any atom is 0.347 e. The number of rotatable bonds is 4. The maximum atomic E-state index is 14.1. The van der Waals surface area contributed by atoms with Gasteiger partial charge < -0.3 is 9.15 Å². The first-order chi connectivity index (χ1) is 16.8. The van der Waals surface area contributed by atoms with Gasteiger partial charge in [-0.2, -0.15) is 0 Å². The second-order valence-electron chi connectivity index (χ2n) is 9.02. The van der Waals surface area contributed by atoms with Crippen molar-refractivity contribution in [2.45, 2.75) is 12.8 Å². The van der Waals surface area contributed by atoms with Crippen molar-refractivity contribution in [3.8, 4) is 5.75 Å². The molecular weight excluding hydrogens is 512 g/mol. The molecule has 3 aromatic carbocycles. The van der Waals surface area contributed by atoms with Crippen molar-refractivity contribution in [2.24, 2.45) is 10.8 Å². The molecule has 4 aromatic rings. The van der Waals surface area contributed by atoms with Crippen molar-refractivity contribution < 1.29 is 23.5 Å². The van der Waals surface area contributed by atoms with Crippen LogP contribution < -0.4 is 10.4 Å². The number of carbonyl (C=O) groups excluding carboxylic acids is 3. The van der Waals surface area contributed by atoms with Crippen LogP contribution in [0.25, 0.3) is 11.0 Å². The number of halogens is 1. The fourth-order valence-corrected chi connectivity index (χ4v) is 5.85. The Labute approximate surface area is 207 Å². The van der Waals surface area contributed by atoms with E-state index in [2.05, 4.69) is 15.9 Å². The lowest BCUT2D eigenvalue weighted by atomic mass is 9.82. The van der Waals surface area contributed by atoms with Gasteiger partial charge in [0.25, 0.3) is 0 Å². The van der Waals surface area contributed by atoms with Crippen molar-refractivity contribution in [1.29, 1.82) is 0 Å². The summed E-state index contributed by atoms with van der Waals surface area (Å²) in [6, 6.07) is 21.8. The van der Waals surface area contributed by atoms with Crippen LogP contribution in [0.4, 0.5) is 0 Å². The molecule has 0 N–H and O–H groups in total. The van der Waals surface area contributed by atoms with E-state index in [1.165, 1.54) is 6.07 Å². The Balaban J connectivity index is 1.58. The highest BCUT2D eigenvalue weighted by atomic mass is 79.9. The fraction of sp³-hybridized carbons (Fsp3) is 0.143. The third-order valence-electron chi connectivity index (χ3n) is 7.32. The maximum absolute atomic E-state index is 14.1. The molecule has 0 spiro atoms. The van der Waals surface area contributed by atoms with Gasteiger partial charge >= 0.3 is 11.6 Å². The lowest BCUT2D eigenvalue weighted by molar-refractivity contribution is -0.140. The molecule has 172 valence electrons. The van der Waals surface area contributed by atoms with E-state index >= 15 is 0 Å². The topological polar surface area (TPSA) is 90.7 Å². The van der Waals surface area contributed by atoms with E-state index in [-0.39, 0.29) is 11.3 Å². The number of ketones is 2. The van der Waals surface area contributed by atoms with Gasteiger partial charge in [-0.15, -0.1) is 0 Å². The summed E-state index contributed by atoms with van der Waals surface area (Å²) in [6.07, 6.45) is 0. The molecule has 2 heterocycles. The van der Waals surface area contributed by atoms with Crippen molar-refractivity contribution in [2.75, 3.05) is 0 Å². The first kappa shape index (κ1) is 21.7. The lowest BCUT2D eigenvalue weighted by Crippen LogP contribution is -2.40. The Morgan fingerprint density at radius 3 is 2.34 bits per heavy atom. The first-order valence-corrected chi connectivity index (χ1v) is 11.8. The third-order valence-corrected chi connectivity index (χ3v) is 7.85. The summed E-state index contributed by atoms with van der Waals surface area (Å²) in [4.78, 5) is 54.5. The number of ether oxygens (including phenoxy) is 1. The average molecular weight is 529 g/mol. The van der Waals surface area contributed by atoms with Gasteiger partial charge in [0.15, 0.2) is 17.0 Å². The number of esters is 1. The molecule has 2 aliphatic rings. The van der Waals surface area contributed by atoms with E-state index in [4.69, 9.17) is 9.15 Å². The number of Topliss-reactive ketones (excluding diaryl/α,β-unsaturated/α-hetero) is 2. The molecule has 3 atom stereocenters. The Morgan fingerprint density at radius 2 is 1.57 bits per heavy atom. The van der Waals surface area contributed by atoms with Crippen LogP contribution in [0.15, 0.2) is 92.5 Å². The third kappa shape index (κ3) is 2.76. The van der Waals surface area contributed by atoms with Gasteiger partial charge in [-0.3, -0.25) is 14.4 Å². The van der Waals surface area contributed by atoms with Gasteiger partial charge in [0.2, 0.25) is 0 Å². The molecule has 0 unspecified atom stereocenters. The molecule has 6 nitrogen and oxygen atoms in total. The van der Waals surface area contributed by atoms with E-state index in [9.17, 15) is 19.2 Å². The zero-order valence-electron chi connectivity index (χ0n) is 18.4. The Morgan fingerprint density at radius 1 is 0.886 bits per heavy atom. The number of fused-ring (bicyclic) bond motifs is 4. The Hall–Kier alpha value is -3.84. The predicted octanol–water partition coefficient (Wildman–Crippen LogP) is 5.33. The molecule has 0 amide bonds. The molecule has 0 radical (unpaired) electrons. The van der Waals surface area contributed by atoms with Crippen LogP contribution >= 0.6 is 15.9 Å². The molecule has 35 heavy (non-hydrogen) atoms. The molecule has 1 aromatic heterocycles. The normalized spacial score (nSPS) is 24.3. The standard InChI is InChI=1S/C28H17BrO6/c1-27(23(30)15-10-12-17(29)13-11-15)22-18-7-3-5-9-21(18)35-26(33)28(22,27)24(31)19-14-16-6-2-4-8-20(16)34-25(19)32/h2-14,22H,1H3/t22-,27+,28+/m0/s1. The number of benzene rings is 3. The second-order valence-corrected chi connectivity index (χ2v) is 9.94. The second kappa shape index (κ2) is 7.33. The zero-order valence-corrected chi connectivity index (χ0v) is 20.0. The van der Waals surface area contributed by atoms with Crippen LogP contribution in [0.1, 0.15) is 39.1 Å². The van der Waals surface area contributed by atoms with Crippen molar-refractivity contribution in [3.05, 3.63) is 110 Å². The molecular formula is C28H17BrO6. The molecule has 1 saturated carbocycles. The summed E-state index contributed by atoms with van der Waals surface area (Å²) < 4.78 is 11.8. The van der Waals surface area contributed by atoms with Gasteiger partial charge in [0.05, 0.1) is 5.41 Å². The Bertz CT molecular complexity index is 1640. The molecule has 1 fully saturated rings. The van der Waals surface area contributed by atoms with Gasteiger partial charge in [-0.1, -0.05) is 71.4 Å². The summed E-state index contributed by atoms with van der Waals surface area (Å²) >= 11 is 3.36. The monoisotopic (exact) mass is 528 g/mol. The number of para-hydroxylation sites is 2. The highest BCUT2D eigenvalue weighted by Crippen LogP contribution is 2.79. The quantitative estimate of drug-likeness (QED) is 0.117. The van der Waals surface area contributed by atoms with Gasteiger partial charge in [-0.25, -0.2) is 4.79 Å². The predicted molar refractivity (Wildman–Crippen MR) is 131 cm³/mol. The summed E-state index contributed by atoms with van der Waals surface area (Å²) in [5.41, 5.74) is -3.23. The van der Waals surface area contributed by atoms with Crippen molar-refractivity contribution in [3.63, 3.8) is 0 Å². The van der Waals surface area contributed by atoms with Crippen molar-refractivity contribution in [1.82, 2.24) is 0 Å². The van der Waals surface area contributed by atoms with Crippen LogP contribution in [-0.4, -0.2) is 17.5 Å². The summed E-state index contributed by atoms with van der Waals surface area (Å²) in [5.74, 6) is -2.46. The fourth-order valence-electron chi connectivity index (χ4n) is 5.59. The molecule has 1 aliphatic carbocycles. The van der Waals surface area contributed by atoms with E-state index in [0.717, 1.165) is 4.47 Å². The molecule has 6 rings (SSSR count). The van der Waals surface area contributed by atoms with Gasteiger partial charge in [0, 0.05) is 26.9 Å². The minimum Gasteiger partial charge on any atom is -0.425 e. The summed E-state index contributed by atoms with van der Waals surface area (Å²) in [6.45, 7) is 1.60. The molecule has 7 heteroatoms. The minimum absolute atomic E-state index is 0.280. The number of carbonyl (C=O) groups is 3. The van der Waals surface area contributed by atoms with E-state index in [1.807, 2.05) is 0 Å². The van der Waals surface area contributed by atoms with Crippen LogP contribution in [-0.2, 0) is 4.79 Å². The number of hydrogen-bond acceptors (Lipinski definition) is 6. The smallest absolute Gasteiger partial charge is 0.347 e. The Kier molecular flexibility index (Phi) is 4.54. The highest BCUT2D eigenvalue weighted by Gasteiger charge is 2.87. The molecule has 0 bridgehead atoms. The van der Waals surface area contributed by atoms with Gasteiger partial charge in [0.1, 0.15) is 16.9 Å².